The van der Waals surface area contributed by atoms with E-state index < -0.39 is 17.6 Å². The Morgan fingerprint density at radius 2 is 1.86 bits per heavy atom. The maximum atomic E-state index is 13.8. The standard InChI is InChI=1S/C20H17F4N3O/c21-15-8-9-16-25-19(26-17(28)10-12-2-1-3-12)18(27(16)11-15)13-4-6-14(7-5-13)20(22,23)24/h4-9,11-12H,1-3,10H2,(H,26,28). The Balaban J connectivity index is 1.74. The molecule has 1 fully saturated rings. The minimum Gasteiger partial charge on any atom is -0.309 e. The van der Waals surface area contributed by atoms with Crippen LogP contribution in [0.1, 0.15) is 31.2 Å². The number of hydrogen-bond donors (Lipinski definition) is 1. The molecule has 0 atom stereocenters. The van der Waals surface area contributed by atoms with Crippen LogP contribution in [0.3, 0.4) is 0 Å². The molecule has 4 nitrogen and oxygen atoms in total. The van der Waals surface area contributed by atoms with Gasteiger partial charge in [-0.25, -0.2) is 9.37 Å². The first-order valence-corrected chi connectivity index (χ1v) is 8.96. The van der Waals surface area contributed by atoms with Crippen molar-refractivity contribution in [2.75, 3.05) is 5.32 Å². The third-order valence-electron chi connectivity index (χ3n) is 5.02. The lowest BCUT2D eigenvalue weighted by atomic mass is 9.83. The largest absolute Gasteiger partial charge is 0.416 e. The molecule has 1 saturated carbocycles. The quantitative estimate of drug-likeness (QED) is 0.615. The van der Waals surface area contributed by atoms with Crippen molar-refractivity contribution >= 4 is 17.4 Å². The Morgan fingerprint density at radius 3 is 2.46 bits per heavy atom. The van der Waals surface area contributed by atoms with Crippen LogP contribution in [-0.2, 0) is 11.0 Å². The summed E-state index contributed by atoms with van der Waals surface area (Å²) in [6, 6.07) is 7.17. The van der Waals surface area contributed by atoms with Crippen LogP contribution in [0.5, 0.6) is 0 Å². The molecule has 0 unspecified atom stereocenters. The zero-order valence-electron chi connectivity index (χ0n) is 14.8. The van der Waals surface area contributed by atoms with E-state index in [1.165, 1.54) is 34.9 Å². The van der Waals surface area contributed by atoms with Gasteiger partial charge in [0.15, 0.2) is 5.82 Å². The molecule has 2 heterocycles. The van der Waals surface area contributed by atoms with Crippen molar-refractivity contribution in [3.63, 3.8) is 0 Å². The summed E-state index contributed by atoms with van der Waals surface area (Å²) in [7, 11) is 0. The predicted molar refractivity (Wildman–Crippen MR) is 96.2 cm³/mol. The van der Waals surface area contributed by atoms with E-state index in [0.29, 0.717) is 29.2 Å². The first kappa shape index (κ1) is 18.5. The van der Waals surface area contributed by atoms with Gasteiger partial charge in [-0.15, -0.1) is 0 Å². The van der Waals surface area contributed by atoms with E-state index in [9.17, 15) is 22.4 Å². The topological polar surface area (TPSA) is 46.4 Å². The van der Waals surface area contributed by atoms with E-state index in [-0.39, 0.29) is 11.7 Å². The van der Waals surface area contributed by atoms with Gasteiger partial charge in [-0.2, -0.15) is 13.2 Å². The minimum absolute atomic E-state index is 0.203. The Morgan fingerprint density at radius 1 is 1.14 bits per heavy atom. The molecule has 0 radical (unpaired) electrons. The summed E-state index contributed by atoms with van der Waals surface area (Å²) in [6.07, 6.45) is 0.239. The van der Waals surface area contributed by atoms with Crippen LogP contribution < -0.4 is 5.32 Å². The van der Waals surface area contributed by atoms with Crippen LogP contribution in [-0.4, -0.2) is 15.3 Å². The van der Waals surface area contributed by atoms with Crippen molar-refractivity contribution in [2.45, 2.75) is 31.9 Å². The number of aromatic nitrogens is 2. The second kappa shape index (κ2) is 6.92. The second-order valence-corrected chi connectivity index (χ2v) is 7.01. The van der Waals surface area contributed by atoms with Crippen molar-refractivity contribution in [1.82, 2.24) is 9.38 Å². The fourth-order valence-corrected chi connectivity index (χ4v) is 3.34. The Bertz CT molecular complexity index is 1020. The number of anilines is 1. The summed E-state index contributed by atoms with van der Waals surface area (Å²) in [5.41, 5.74) is 0.331. The lowest BCUT2D eigenvalue weighted by Crippen LogP contribution is -2.21. The number of rotatable bonds is 4. The molecule has 2 aromatic heterocycles. The fraction of sp³-hybridized carbons (Fsp3) is 0.300. The van der Waals surface area contributed by atoms with Crippen LogP contribution >= 0.6 is 0 Å². The van der Waals surface area contributed by atoms with Crippen LogP contribution in [0.2, 0.25) is 0 Å². The van der Waals surface area contributed by atoms with Crippen molar-refractivity contribution < 1.29 is 22.4 Å². The molecule has 1 N–H and O–H groups in total. The molecule has 0 aliphatic heterocycles. The molecule has 0 saturated heterocycles. The number of pyridine rings is 1. The van der Waals surface area contributed by atoms with Crippen LogP contribution in [0.25, 0.3) is 16.9 Å². The number of amides is 1. The molecule has 0 bridgehead atoms. The van der Waals surface area contributed by atoms with Gasteiger partial charge in [-0.05, 0) is 43.0 Å². The molecule has 1 aliphatic rings. The van der Waals surface area contributed by atoms with Gasteiger partial charge in [0.05, 0.1) is 11.3 Å². The van der Waals surface area contributed by atoms with Crippen LogP contribution in [0, 0.1) is 11.7 Å². The van der Waals surface area contributed by atoms with Gasteiger partial charge in [0.1, 0.15) is 11.5 Å². The molecule has 1 aliphatic carbocycles. The number of alkyl halides is 3. The number of fused-ring (bicyclic) bond motifs is 1. The third kappa shape index (κ3) is 3.58. The molecular weight excluding hydrogens is 374 g/mol. The minimum atomic E-state index is -4.45. The normalized spacial score (nSPS) is 14.9. The SMILES string of the molecule is O=C(CC1CCC1)Nc1nc2ccc(F)cn2c1-c1ccc(C(F)(F)F)cc1. The van der Waals surface area contributed by atoms with Crippen LogP contribution in [0.15, 0.2) is 42.6 Å². The van der Waals surface area contributed by atoms with E-state index in [1.807, 2.05) is 0 Å². The monoisotopic (exact) mass is 391 g/mol. The van der Waals surface area contributed by atoms with Gasteiger partial charge >= 0.3 is 6.18 Å². The Kier molecular flexibility index (Phi) is 4.56. The molecule has 3 aromatic rings. The zero-order valence-corrected chi connectivity index (χ0v) is 14.8. The number of nitrogens with one attached hydrogen (secondary N) is 1. The number of nitrogens with zero attached hydrogens (tertiary/aromatic N) is 2. The van der Waals surface area contributed by atoms with Gasteiger partial charge in [0.25, 0.3) is 0 Å². The Labute approximate surface area is 158 Å². The van der Waals surface area contributed by atoms with E-state index in [1.54, 1.807) is 0 Å². The zero-order chi connectivity index (χ0) is 19.9. The lowest BCUT2D eigenvalue weighted by molar-refractivity contribution is -0.137. The van der Waals surface area contributed by atoms with Gasteiger partial charge in [0.2, 0.25) is 5.91 Å². The van der Waals surface area contributed by atoms with Gasteiger partial charge in [-0.1, -0.05) is 18.6 Å². The maximum Gasteiger partial charge on any atom is 0.416 e. The summed E-state index contributed by atoms with van der Waals surface area (Å²) in [6.45, 7) is 0. The average molecular weight is 391 g/mol. The van der Waals surface area contributed by atoms with Crippen molar-refractivity contribution in [3.8, 4) is 11.3 Å². The van der Waals surface area contributed by atoms with E-state index >= 15 is 0 Å². The lowest BCUT2D eigenvalue weighted by Gasteiger charge is -2.24. The third-order valence-corrected chi connectivity index (χ3v) is 5.02. The molecule has 8 heteroatoms. The number of benzene rings is 1. The molecule has 1 amide bonds. The summed E-state index contributed by atoms with van der Waals surface area (Å²) in [5, 5.41) is 2.75. The highest BCUT2D eigenvalue weighted by Crippen LogP contribution is 2.34. The first-order chi connectivity index (χ1) is 13.3. The summed E-state index contributed by atoms with van der Waals surface area (Å²) >= 11 is 0. The van der Waals surface area contributed by atoms with Crippen molar-refractivity contribution in [3.05, 3.63) is 54.0 Å². The highest BCUT2D eigenvalue weighted by atomic mass is 19.4. The number of carbonyl (C=O) groups is 1. The highest BCUT2D eigenvalue weighted by Gasteiger charge is 2.30. The van der Waals surface area contributed by atoms with Crippen molar-refractivity contribution in [2.24, 2.45) is 5.92 Å². The molecule has 1 aromatic carbocycles. The number of hydrogen-bond acceptors (Lipinski definition) is 2. The van der Waals surface area contributed by atoms with Crippen LogP contribution in [0.4, 0.5) is 23.4 Å². The maximum absolute atomic E-state index is 13.8. The number of halogens is 4. The average Bonchev–Trinajstić information content (AvgIpc) is 2.94. The fourth-order valence-electron chi connectivity index (χ4n) is 3.34. The molecule has 0 spiro atoms. The van der Waals surface area contributed by atoms with E-state index in [4.69, 9.17) is 0 Å². The van der Waals surface area contributed by atoms with Gasteiger partial charge in [-0.3, -0.25) is 9.20 Å². The number of carbonyl (C=O) groups excluding carboxylic acids is 1. The predicted octanol–water partition coefficient (Wildman–Crippen LogP) is 5.29. The summed E-state index contributed by atoms with van der Waals surface area (Å²) < 4.78 is 53.8. The van der Waals surface area contributed by atoms with Gasteiger partial charge in [0, 0.05) is 18.2 Å². The molecular formula is C20H17F4N3O. The molecule has 4 rings (SSSR count). The number of imidazole rings is 1. The molecule has 146 valence electrons. The van der Waals surface area contributed by atoms with E-state index in [2.05, 4.69) is 10.3 Å². The van der Waals surface area contributed by atoms with Crippen molar-refractivity contribution in [1.29, 1.82) is 0 Å². The highest BCUT2D eigenvalue weighted by molar-refractivity contribution is 5.94. The van der Waals surface area contributed by atoms with Gasteiger partial charge < -0.3 is 5.32 Å². The summed E-state index contributed by atoms with van der Waals surface area (Å²) in [4.78, 5) is 16.7. The smallest absolute Gasteiger partial charge is 0.309 e. The second-order valence-electron chi connectivity index (χ2n) is 7.01. The van der Waals surface area contributed by atoms with E-state index in [0.717, 1.165) is 31.4 Å². The summed E-state index contributed by atoms with van der Waals surface area (Å²) in [5.74, 6) is -0.175. The Hall–Kier alpha value is -2.90. The first-order valence-electron chi connectivity index (χ1n) is 8.96. The molecule has 28 heavy (non-hydrogen) atoms.